The second-order valence-electron chi connectivity index (χ2n) is 12.1. The number of hydrogen-bond donors (Lipinski definition) is 4. The quantitative estimate of drug-likeness (QED) is 0.219. The maximum atomic E-state index is 13.4. The van der Waals surface area contributed by atoms with Crippen LogP contribution in [0.1, 0.15) is 59.6 Å². The Morgan fingerprint density at radius 3 is 2.02 bits per heavy atom. The van der Waals surface area contributed by atoms with Gasteiger partial charge >= 0.3 is 12.2 Å². The lowest BCUT2D eigenvalue weighted by Gasteiger charge is -2.32. The summed E-state index contributed by atoms with van der Waals surface area (Å²) in [6.45, 7) is 15.2. The van der Waals surface area contributed by atoms with Gasteiger partial charge in [-0.2, -0.15) is 0 Å². The van der Waals surface area contributed by atoms with Gasteiger partial charge in [0.05, 0.1) is 19.3 Å². The third-order valence-corrected chi connectivity index (χ3v) is 6.99. The van der Waals surface area contributed by atoms with Crippen LogP contribution in [-0.2, 0) is 27.2 Å². The van der Waals surface area contributed by atoms with E-state index in [4.69, 9.17) is 9.47 Å². The number of carbonyl (C=O) groups excluding carboxylic acids is 3. The molecule has 0 radical (unpaired) electrons. The van der Waals surface area contributed by atoms with E-state index in [0.717, 1.165) is 29.9 Å². The van der Waals surface area contributed by atoms with Gasteiger partial charge in [0.15, 0.2) is 0 Å². The number of amides is 3. The highest BCUT2D eigenvalue weighted by Gasteiger charge is 2.31. The first kappa shape index (κ1) is 36.4. The van der Waals surface area contributed by atoms with Gasteiger partial charge < -0.3 is 30.1 Å². The number of anilines is 1. The fourth-order valence-corrected chi connectivity index (χ4v) is 4.70. The summed E-state index contributed by atoms with van der Waals surface area (Å²) in [5.74, 6) is -0.697. The van der Waals surface area contributed by atoms with Crippen molar-refractivity contribution in [3.05, 3.63) is 65.7 Å². The molecular weight excluding hydrogens is 562 g/mol. The molecule has 0 spiro atoms. The van der Waals surface area contributed by atoms with Gasteiger partial charge in [-0.25, -0.2) is 14.6 Å². The van der Waals surface area contributed by atoms with E-state index < -0.39 is 41.9 Å². The van der Waals surface area contributed by atoms with Gasteiger partial charge in [0.25, 0.3) is 0 Å². The standard InChI is InChI=1S/C33H51N5O6/c1-9-37(10-2)26-18-16-25(17-19-26)21-38(36-32(42)44-33(5,6)7)22-28(39)27(20-24-14-12-11-13-15-24)34-30(40)29(23(3)4)35-31(41)43-8/h11-19,23,27-29,39H,9-10,20-22H2,1-8H3,(H,34,40)(H,35,41)(H,36,42)/t27-,28-,29-/m0/s1. The Hall–Kier alpha value is -3.83. The molecule has 2 aromatic carbocycles. The fourth-order valence-electron chi connectivity index (χ4n) is 4.70. The molecule has 0 aromatic heterocycles. The molecule has 0 unspecified atom stereocenters. The number of aliphatic hydroxyl groups excluding tert-OH is 1. The largest absolute Gasteiger partial charge is 0.453 e. The van der Waals surface area contributed by atoms with Gasteiger partial charge in [-0.15, -0.1) is 0 Å². The average molecular weight is 614 g/mol. The third-order valence-electron chi connectivity index (χ3n) is 6.99. The molecule has 11 nitrogen and oxygen atoms in total. The molecule has 2 rings (SSSR count). The minimum Gasteiger partial charge on any atom is -0.453 e. The first-order chi connectivity index (χ1) is 20.8. The number of hydrazine groups is 1. The Kier molecular flexibility index (Phi) is 14.4. The molecule has 244 valence electrons. The fraction of sp³-hybridized carbons (Fsp3) is 0.545. The lowest BCUT2D eigenvalue weighted by Crippen LogP contribution is -2.57. The maximum Gasteiger partial charge on any atom is 0.422 e. The number of rotatable bonds is 15. The van der Waals surface area contributed by atoms with Crippen LogP contribution in [0.2, 0.25) is 0 Å². The zero-order valence-electron chi connectivity index (χ0n) is 27.4. The van der Waals surface area contributed by atoms with E-state index >= 15 is 0 Å². The number of alkyl carbamates (subject to hydrolysis) is 1. The predicted octanol–water partition coefficient (Wildman–Crippen LogP) is 4.24. The molecule has 44 heavy (non-hydrogen) atoms. The van der Waals surface area contributed by atoms with E-state index in [2.05, 4.69) is 34.8 Å². The van der Waals surface area contributed by atoms with Crippen molar-refractivity contribution >= 4 is 23.8 Å². The maximum absolute atomic E-state index is 13.4. The Balaban J connectivity index is 2.33. The number of methoxy groups -OCH3 is 1. The Labute approximate surface area is 262 Å². The second kappa shape index (κ2) is 17.5. The van der Waals surface area contributed by atoms with E-state index in [1.54, 1.807) is 39.6 Å². The molecule has 0 aliphatic heterocycles. The first-order valence-corrected chi connectivity index (χ1v) is 15.2. The van der Waals surface area contributed by atoms with Crippen LogP contribution >= 0.6 is 0 Å². The van der Waals surface area contributed by atoms with Crippen molar-refractivity contribution in [2.45, 2.75) is 85.2 Å². The summed E-state index contributed by atoms with van der Waals surface area (Å²) in [7, 11) is 1.23. The highest BCUT2D eigenvalue weighted by molar-refractivity contribution is 5.86. The first-order valence-electron chi connectivity index (χ1n) is 15.2. The smallest absolute Gasteiger partial charge is 0.422 e. The van der Waals surface area contributed by atoms with Gasteiger partial charge in [-0.05, 0) is 70.2 Å². The van der Waals surface area contributed by atoms with Gasteiger partial charge in [0.2, 0.25) is 5.91 Å². The van der Waals surface area contributed by atoms with Gasteiger partial charge in [-0.3, -0.25) is 10.2 Å². The zero-order chi connectivity index (χ0) is 32.9. The van der Waals surface area contributed by atoms with Gasteiger partial charge in [0.1, 0.15) is 11.6 Å². The van der Waals surface area contributed by atoms with Crippen molar-refractivity contribution in [3.8, 4) is 0 Å². The molecule has 2 aromatic rings. The van der Waals surface area contributed by atoms with Crippen LogP contribution in [0.4, 0.5) is 15.3 Å². The number of ether oxygens (including phenoxy) is 2. The molecular formula is C33H51N5O6. The number of nitrogens with one attached hydrogen (secondary N) is 3. The van der Waals surface area contributed by atoms with E-state index in [1.807, 2.05) is 54.6 Å². The molecule has 0 saturated carbocycles. The van der Waals surface area contributed by atoms with Gasteiger partial charge in [0, 0.05) is 31.9 Å². The van der Waals surface area contributed by atoms with Crippen LogP contribution < -0.4 is 21.0 Å². The molecule has 0 aliphatic rings. The summed E-state index contributed by atoms with van der Waals surface area (Å²) in [5.41, 5.74) is 4.96. The number of nitrogens with zero attached hydrogens (tertiary/aromatic N) is 2. The molecule has 0 aliphatic carbocycles. The van der Waals surface area contributed by atoms with E-state index in [-0.39, 0.29) is 19.0 Å². The van der Waals surface area contributed by atoms with Crippen molar-refractivity contribution in [2.75, 3.05) is 31.6 Å². The SMILES string of the molecule is CCN(CC)c1ccc(CN(C[C@H](O)[C@H](Cc2ccccc2)NC(=O)[C@@H](NC(=O)OC)C(C)C)NC(=O)OC(C)(C)C)cc1. The van der Waals surface area contributed by atoms with Crippen LogP contribution in [0.5, 0.6) is 0 Å². The molecule has 3 amide bonds. The average Bonchev–Trinajstić information content (AvgIpc) is 2.96. The number of aliphatic hydroxyl groups is 1. The second-order valence-corrected chi connectivity index (χ2v) is 12.1. The molecule has 0 heterocycles. The Bertz CT molecular complexity index is 1170. The third kappa shape index (κ3) is 12.4. The van der Waals surface area contributed by atoms with Crippen molar-refractivity contribution in [2.24, 2.45) is 5.92 Å². The van der Waals surface area contributed by atoms with Crippen molar-refractivity contribution in [1.82, 2.24) is 21.1 Å². The number of benzene rings is 2. The zero-order valence-corrected chi connectivity index (χ0v) is 27.4. The molecule has 11 heteroatoms. The minimum atomic E-state index is -1.12. The highest BCUT2D eigenvalue weighted by atomic mass is 16.6. The van der Waals surface area contributed by atoms with Crippen LogP contribution in [0.3, 0.4) is 0 Å². The summed E-state index contributed by atoms with van der Waals surface area (Å²) in [6, 6.07) is 15.9. The summed E-state index contributed by atoms with van der Waals surface area (Å²) in [5, 5.41) is 18.7. The molecule has 3 atom stereocenters. The van der Waals surface area contributed by atoms with E-state index in [9.17, 15) is 19.5 Å². The topological polar surface area (TPSA) is 132 Å². The molecule has 0 bridgehead atoms. The number of hydrogen-bond acceptors (Lipinski definition) is 8. The van der Waals surface area contributed by atoms with Crippen molar-refractivity contribution < 1.29 is 29.0 Å². The Morgan fingerprint density at radius 2 is 1.50 bits per heavy atom. The lowest BCUT2D eigenvalue weighted by atomic mass is 9.98. The van der Waals surface area contributed by atoms with E-state index in [1.165, 1.54) is 7.11 Å². The van der Waals surface area contributed by atoms with Crippen LogP contribution in [-0.4, -0.2) is 78.7 Å². The monoisotopic (exact) mass is 613 g/mol. The summed E-state index contributed by atoms with van der Waals surface area (Å²) < 4.78 is 10.2. The molecule has 0 saturated heterocycles. The highest BCUT2D eigenvalue weighted by Crippen LogP contribution is 2.17. The predicted molar refractivity (Wildman–Crippen MR) is 172 cm³/mol. The van der Waals surface area contributed by atoms with Gasteiger partial charge in [-0.1, -0.05) is 56.3 Å². The minimum absolute atomic E-state index is 0.0222. The lowest BCUT2D eigenvalue weighted by molar-refractivity contribution is -0.125. The van der Waals surface area contributed by atoms with Crippen molar-refractivity contribution in [3.63, 3.8) is 0 Å². The molecule has 0 fully saturated rings. The van der Waals surface area contributed by atoms with Crippen LogP contribution in [0.25, 0.3) is 0 Å². The Morgan fingerprint density at radius 1 is 0.886 bits per heavy atom. The normalized spacial score (nSPS) is 13.5. The molecule has 4 N–H and O–H groups in total. The summed E-state index contributed by atoms with van der Waals surface area (Å²) in [4.78, 5) is 40.4. The number of carbonyl (C=O) groups is 3. The summed E-state index contributed by atoms with van der Waals surface area (Å²) in [6.07, 6.45) is -2.18. The van der Waals surface area contributed by atoms with Crippen LogP contribution in [0, 0.1) is 5.92 Å². The van der Waals surface area contributed by atoms with Crippen molar-refractivity contribution in [1.29, 1.82) is 0 Å². The van der Waals surface area contributed by atoms with E-state index in [0.29, 0.717) is 6.42 Å². The summed E-state index contributed by atoms with van der Waals surface area (Å²) >= 11 is 0. The van der Waals surface area contributed by atoms with Crippen LogP contribution in [0.15, 0.2) is 54.6 Å².